The number of hydrogen-bond acceptors (Lipinski definition) is 2. The van der Waals surface area contributed by atoms with Crippen LogP contribution in [0.15, 0.2) is 53.4 Å². The smallest absolute Gasteiger partial charge is 0.0385 e. The molecule has 0 spiro atoms. The number of hydrogen-bond donors (Lipinski definition) is 1. The normalized spacial score (nSPS) is 18.4. The summed E-state index contributed by atoms with van der Waals surface area (Å²) < 4.78 is 0. The predicted molar refractivity (Wildman–Crippen MR) is 69.6 cm³/mol. The van der Waals surface area contributed by atoms with Crippen LogP contribution in [0.25, 0.3) is 0 Å². The van der Waals surface area contributed by atoms with Crippen molar-refractivity contribution in [2.45, 2.75) is 16.6 Å². The van der Waals surface area contributed by atoms with E-state index in [-0.39, 0.29) is 0 Å². The van der Waals surface area contributed by atoms with Gasteiger partial charge in [-0.2, -0.15) is 0 Å². The van der Waals surface area contributed by atoms with E-state index in [1.54, 1.807) is 0 Å². The SMILES string of the molecule is Nc1ccc2c(c1)SC(c1ccccc1)C2. The highest BCUT2D eigenvalue weighted by atomic mass is 32.2. The number of thioether (sulfide) groups is 1. The van der Waals surface area contributed by atoms with Gasteiger partial charge in [0.25, 0.3) is 0 Å². The molecule has 0 saturated carbocycles. The van der Waals surface area contributed by atoms with Crippen molar-refractivity contribution in [3.63, 3.8) is 0 Å². The van der Waals surface area contributed by atoms with E-state index >= 15 is 0 Å². The van der Waals surface area contributed by atoms with Crippen LogP contribution in [0.5, 0.6) is 0 Å². The Balaban J connectivity index is 1.91. The Morgan fingerprint density at radius 1 is 1.06 bits per heavy atom. The molecule has 2 aromatic carbocycles. The van der Waals surface area contributed by atoms with Gasteiger partial charge in [0, 0.05) is 15.8 Å². The molecule has 2 heteroatoms. The lowest BCUT2D eigenvalue weighted by Crippen LogP contribution is -1.91. The minimum atomic E-state index is 0.554. The summed E-state index contributed by atoms with van der Waals surface area (Å²) in [4.78, 5) is 1.34. The second-order valence-corrected chi connectivity index (χ2v) is 5.33. The number of anilines is 1. The fourth-order valence-corrected chi connectivity index (χ4v) is 3.47. The summed E-state index contributed by atoms with van der Waals surface area (Å²) in [5.74, 6) is 0. The van der Waals surface area contributed by atoms with Crippen LogP contribution in [0, 0.1) is 0 Å². The van der Waals surface area contributed by atoms with Crippen molar-refractivity contribution in [3.05, 3.63) is 59.7 Å². The molecule has 0 bridgehead atoms. The summed E-state index contributed by atoms with van der Waals surface area (Å²) in [6, 6.07) is 16.9. The zero-order chi connectivity index (χ0) is 11.0. The van der Waals surface area contributed by atoms with Crippen molar-refractivity contribution < 1.29 is 0 Å². The lowest BCUT2D eigenvalue weighted by atomic mass is 10.0. The van der Waals surface area contributed by atoms with E-state index in [4.69, 9.17) is 5.73 Å². The summed E-state index contributed by atoms with van der Waals surface area (Å²) >= 11 is 1.92. The van der Waals surface area contributed by atoms with E-state index in [2.05, 4.69) is 42.5 Å². The number of nitrogen functional groups attached to an aromatic ring is 1. The van der Waals surface area contributed by atoms with Gasteiger partial charge in [-0.25, -0.2) is 0 Å². The Hall–Kier alpha value is -1.41. The zero-order valence-corrected chi connectivity index (χ0v) is 9.71. The van der Waals surface area contributed by atoms with Crippen LogP contribution >= 0.6 is 11.8 Å². The van der Waals surface area contributed by atoms with Crippen LogP contribution < -0.4 is 5.73 Å². The second-order valence-electron chi connectivity index (χ2n) is 4.09. The predicted octanol–water partition coefficient (Wildman–Crippen LogP) is 3.66. The molecule has 1 unspecified atom stereocenters. The monoisotopic (exact) mass is 227 g/mol. The maximum atomic E-state index is 5.80. The van der Waals surface area contributed by atoms with Gasteiger partial charge in [0.2, 0.25) is 0 Å². The highest BCUT2D eigenvalue weighted by Gasteiger charge is 2.23. The molecule has 0 aromatic heterocycles. The van der Waals surface area contributed by atoms with Crippen LogP contribution in [0.2, 0.25) is 0 Å². The minimum Gasteiger partial charge on any atom is -0.399 e. The van der Waals surface area contributed by atoms with Crippen molar-refractivity contribution in [2.24, 2.45) is 0 Å². The molecule has 16 heavy (non-hydrogen) atoms. The largest absolute Gasteiger partial charge is 0.399 e. The fraction of sp³-hybridized carbons (Fsp3) is 0.143. The summed E-state index contributed by atoms with van der Waals surface area (Å²) in [7, 11) is 0. The molecule has 80 valence electrons. The zero-order valence-electron chi connectivity index (χ0n) is 8.89. The molecule has 2 aromatic rings. The summed E-state index contributed by atoms with van der Waals surface area (Å²) in [6.45, 7) is 0. The number of nitrogens with two attached hydrogens (primary N) is 1. The molecule has 1 aliphatic rings. The third-order valence-corrected chi connectivity index (χ3v) is 4.29. The Bertz CT molecular complexity index is 507. The molecule has 0 radical (unpaired) electrons. The van der Waals surface area contributed by atoms with Crippen LogP contribution in [-0.4, -0.2) is 0 Å². The van der Waals surface area contributed by atoms with Gasteiger partial charge in [-0.05, 0) is 29.7 Å². The van der Waals surface area contributed by atoms with Crippen molar-refractivity contribution in [2.75, 3.05) is 5.73 Å². The van der Waals surface area contributed by atoms with Gasteiger partial charge < -0.3 is 5.73 Å². The average molecular weight is 227 g/mol. The fourth-order valence-electron chi connectivity index (χ4n) is 2.10. The van der Waals surface area contributed by atoms with E-state index in [0.29, 0.717) is 5.25 Å². The highest BCUT2D eigenvalue weighted by molar-refractivity contribution is 7.99. The van der Waals surface area contributed by atoms with Gasteiger partial charge in [-0.15, -0.1) is 11.8 Å². The van der Waals surface area contributed by atoms with Gasteiger partial charge >= 0.3 is 0 Å². The Labute approximate surface area is 99.7 Å². The maximum Gasteiger partial charge on any atom is 0.0385 e. The Kier molecular flexibility index (Phi) is 2.37. The number of benzene rings is 2. The molecule has 1 heterocycles. The van der Waals surface area contributed by atoms with Crippen molar-refractivity contribution in [3.8, 4) is 0 Å². The Morgan fingerprint density at radius 3 is 2.69 bits per heavy atom. The Morgan fingerprint density at radius 2 is 1.88 bits per heavy atom. The molecule has 1 nitrogen and oxygen atoms in total. The van der Waals surface area contributed by atoms with E-state index in [0.717, 1.165) is 12.1 Å². The minimum absolute atomic E-state index is 0.554. The van der Waals surface area contributed by atoms with Gasteiger partial charge in [-0.3, -0.25) is 0 Å². The lowest BCUT2D eigenvalue weighted by Gasteiger charge is -2.07. The van der Waals surface area contributed by atoms with E-state index in [1.165, 1.54) is 16.0 Å². The topological polar surface area (TPSA) is 26.0 Å². The van der Waals surface area contributed by atoms with Crippen molar-refractivity contribution in [1.82, 2.24) is 0 Å². The molecule has 0 fully saturated rings. The molecule has 0 saturated heterocycles. The molecular formula is C14H13NS. The quantitative estimate of drug-likeness (QED) is 0.752. The third-order valence-electron chi connectivity index (χ3n) is 2.94. The molecule has 3 rings (SSSR count). The van der Waals surface area contributed by atoms with E-state index in [1.807, 2.05) is 17.8 Å². The van der Waals surface area contributed by atoms with E-state index < -0.39 is 0 Å². The lowest BCUT2D eigenvalue weighted by molar-refractivity contribution is 0.950. The van der Waals surface area contributed by atoms with Gasteiger partial charge in [0.05, 0.1) is 0 Å². The average Bonchev–Trinajstić information content (AvgIpc) is 2.73. The first-order valence-electron chi connectivity index (χ1n) is 5.43. The molecule has 2 N–H and O–H groups in total. The molecule has 0 aliphatic carbocycles. The first-order chi connectivity index (χ1) is 7.83. The summed E-state index contributed by atoms with van der Waals surface area (Å²) in [6.07, 6.45) is 1.12. The first kappa shape index (κ1) is 9.79. The maximum absolute atomic E-state index is 5.80. The van der Waals surface area contributed by atoms with Gasteiger partial charge in [0.15, 0.2) is 0 Å². The van der Waals surface area contributed by atoms with Crippen LogP contribution in [-0.2, 0) is 6.42 Å². The first-order valence-corrected chi connectivity index (χ1v) is 6.31. The standard InChI is InChI=1S/C14H13NS/c15-12-7-6-11-8-13(16-14(11)9-12)10-4-2-1-3-5-10/h1-7,9,13H,8,15H2. The van der Waals surface area contributed by atoms with Crippen LogP contribution in [0.4, 0.5) is 5.69 Å². The highest BCUT2D eigenvalue weighted by Crippen LogP contribution is 2.46. The third kappa shape index (κ3) is 1.69. The summed E-state index contributed by atoms with van der Waals surface area (Å²) in [5, 5.41) is 0.554. The second kappa shape index (κ2) is 3.87. The van der Waals surface area contributed by atoms with Crippen LogP contribution in [0.3, 0.4) is 0 Å². The van der Waals surface area contributed by atoms with Crippen molar-refractivity contribution in [1.29, 1.82) is 0 Å². The summed E-state index contributed by atoms with van der Waals surface area (Å²) in [5.41, 5.74) is 9.49. The molecule has 0 amide bonds. The number of rotatable bonds is 1. The van der Waals surface area contributed by atoms with Crippen LogP contribution in [0.1, 0.15) is 16.4 Å². The number of fused-ring (bicyclic) bond motifs is 1. The van der Waals surface area contributed by atoms with Gasteiger partial charge in [0.1, 0.15) is 0 Å². The van der Waals surface area contributed by atoms with Crippen molar-refractivity contribution >= 4 is 17.4 Å². The molecule has 1 aliphatic heterocycles. The van der Waals surface area contributed by atoms with E-state index in [9.17, 15) is 0 Å². The van der Waals surface area contributed by atoms with Gasteiger partial charge in [-0.1, -0.05) is 36.4 Å². The molecule has 1 atom stereocenters. The molecular weight excluding hydrogens is 214 g/mol.